The molecule has 0 radical (unpaired) electrons. The summed E-state index contributed by atoms with van der Waals surface area (Å²) in [6.45, 7) is 0.569. The molecule has 2 aromatic carbocycles. The molecule has 0 spiro atoms. The zero-order valence-electron chi connectivity index (χ0n) is 15.0. The number of methoxy groups -OCH3 is 1. The zero-order valence-corrected chi connectivity index (χ0v) is 15.7. The van der Waals surface area contributed by atoms with Gasteiger partial charge < -0.3 is 24.6 Å². The van der Waals surface area contributed by atoms with Crippen molar-refractivity contribution in [3.63, 3.8) is 0 Å². The Morgan fingerprint density at radius 3 is 2.48 bits per heavy atom. The second kappa shape index (κ2) is 8.17. The average molecular weight is 392 g/mol. The summed E-state index contributed by atoms with van der Waals surface area (Å²) in [6.07, 6.45) is -1.48. The highest BCUT2D eigenvalue weighted by molar-refractivity contribution is 6.30. The van der Waals surface area contributed by atoms with E-state index in [9.17, 15) is 15.0 Å². The third kappa shape index (κ3) is 4.35. The van der Waals surface area contributed by atoms with E-state index >= 15 is 0 Å². The van der Waals surface area contributed by atoms with Crippen molar-refractivity contribution in [2.45, 2.75) is 24.7 Å². The zero-order chi connectivity index (χ0) is 19.4. The van der Waals surface area contributed by atoms with Gasteiger partial charge in [-0.2, -0.15) is 0 Å². The van der Waals surface area contributed by atoms with Gasteiger partial charge in [0.2, 0.25) is 0 Å². The minimum atomic E-state index is -1.29. The van der Waals surface area contributed by atoms with Gasteiger partial charge in [-0.15, -0.1) is 0 Å². The molecule has 2 aromatic rings. The van der Waals surface area contributed by atoms with E-state index in [0.717, 1.165) is 11.3 Å². The van der Waals surface area contributed by atoms with Crippen LogP contribution in [0, 0.1) is 0 Å². The number of ether oxygens (including phenoxy) is 2. The van der Waals surface area contributed by atoms with Gasteiger partial charge in [-0.25, -0.2) is 4.79 Å². The van der Waals surface area contributed by atoms with Crippen LogP contribution in [-0.2, 0) is 16.9 Å². The molecular weight excluding hydrogens is 370 g/mol. The molecular formula is C20H22ClNO5. The third-order valence-electron chi connectivity index (χ3n) is 4.91. The molecule has 0 aromatic heterocycles. The van der Waals surface area contributed by atoms with Crippen LogP contribution in [0.2, 0.25) is 5.02 Å². The van der Waals surface area contributed by atoms with Crippen LogP contribution in [0.3, 0.4) is 0 Å². The molecule has 7 heteroatoms. The van der Waals surface area contributed by atoms with Gasteiger partial charge in [0, 0.05) is 18.0 Å². The van der Waals surface area contributed by atoms with Crippen molar-refractivity contribution in [3.8, 4) is 5.75 Å². The number of carboxylic acid groups (broad SMARTS) is 1. The molecule has 1 heterocycles. The van der Waals surface area contributed by atoms with E-state index in [2.05, 4.69) is 0 Å². The molecule has 144 valence electrons. The quantitative estimate of drug-likeness (QED) is 0.815. The van der Waals surface area contributed by atoms with E-state index in [1.807, 2.05) is 24.3 Å². The Labute approximate surface area is 162 Å². The second-order valence-corrected chi connectivity index (χ2v) is 6.99. The van der Waals surface area contributed by atoms with Crippen molar-refractivity contribution in [3.05, 3.63) is 64.7 Å². The van der Waals surface area contributed by atoms with Crippen LogP contribution >= 0.6 is 11.6 Å². The topological polar surface area (TPSA) is 79.2 Å². The monoisotopic (exact) mass is 391 g/mol. The largest absolute Gasteiger partial charge is 0.497 e. The second-order valence-electron chi connectivity index (χ2n) is 6.56. The van der Waals surface area contributed by atoms with E-state index in [-0.39, 0.29) is 26.1 Å². The van der Waals surface area contributed by atoms with Gasteiger partial charge in [-0.1, -0.05) is 35.9 Å². The molecule has 1 aliphatic rings. The van der Waals surface area contributed by atoms with Gasteiger partial charge >= 0.3 is 6.09 Å². The molecule has 1 aliphatic heterocycles. The maximum absolute atomic E-state index is 11.4. The molecule has 1 amide bonds. The Morgan fingerprint density at radius 1 is 1.22 bits per heavy atom. The van der Waals surface area contributed by atoms with Crippen LogP contribution < -0.4 is 4.74 Å². The number of benzene rings is 2. The molecule has 2 N–H and O–H groups in total. The van der Waals surface area contributed by atoms with Gasteiger partial charge in [0.15, 0.2) is 0 Å². The fraction of sp³-hybridized carbons (Fsp3) is 0.350. The number of rotatable bonds is 5. The summed E-state index contributed by atoms with van der Waals surface area (Å²) in [4.78, 5) is 12.7. The molecule has 2 unspecified atom stereocenters. The minimum Gasteiger partial charge on any atom is -0.497 e. The molecule has 3 rings (SSSR count). The fourth-order valence-corrected chi connectivity index (χ4v) is 3.39. The standard InChI is InChI=1S/C20H22ClNO5/c1-26-17-8-2-14(3-9-17)13-27-18-12-22(19(23)24)11-10-20(18,25)15-4-6-16(21)7-5-15/h2-9,18,25H,10-13H2,1H3,(H,23,24). The highest BCUT2D eigenvalue weighted by atomic mass is 35.5. The normalized spacial score (nSPS) is 22.5. The summed E-state index contributed by atoms with van der Waals surface area (Å²) < 4.78 is 11.1. The predicted molar refractivity (Wildman–Crippen MR) is 101 cm³/mol. The van der Waals surface area contributed by atoms with Crippen LogP contribution in [0.25, 0.3) is 0 Å². The maximum atomic E-state index is 11.4. The molecule has 27 heavy (non-hydrogen) atoms. The lowest BCUT2D eigenvalue weighted by Crippen LogP contribution is -2.55. The molecule has 2 atom stereocenters. The fourth-order valence-electron chi connectivity index (χ4n) is 3.26. The summed E-state index contributed by atoms with van der Waals surface area (Å²) in [5, 5.41) is 21.2. The smallest absolute Gasteiger partial charge is 0.407 e. The van der Waals surface area contributed by atoms with Crippen molar-refractivity contribution in [1.82, 2.24) is 4.90 Å². The van der Waals surface area contributed by atoms with E-state index in [1.165, 1.54) is 4.90 Å². The molecule has 1 fully saturated rings. The lowest BCUT2D eigenvalue weighted by atomic mass is 9.82. The van der Waals surface area contributed by atoms with Crippen molar-refractivity contribution in [1.29, 1.82) is 0 Å². The number of amides is 1. The number of carbonyl (C=O) groups is 1. The molecule has 0 aliphatic carbocycles. The van der Waals surface area contributed by atoms with Crippen LogP contribution in [-0.4, -0.2) is 47.5 Å². The highest BCUT2D eigenvalue weighted by Crippen LogP contribution is 2.36. The van der Waals surface area contributed by atoms with E-state index < -0.39 is 17.8 Å². The number of hydrogen-bond donors (Lipinski definition) is 2. The van der Waals surface area contributed by atoms with Crippen molar-refractivity contribution in [2.24, 2.45) is 0 Å². The van der Waals surface area contributed by atoms with Crippen LogP contribution in [0.5, 0.6) is 5.75 Å². The summed E-state index contributed by atoms with van der Waals surface area (Å²) in [7, 11) is 1.60. The number of aliphatic hydroxyl groups is 1. The first kappa shape index (κ1) is 19.5. The molecule has 1 saturated heterocycles. The number of piperidine rings is 1. The van der Waals surface area contributed by atoms with Gasteiger partial charge in [0.05, 0.1) is 20.3 Å². The van der Waals surface area contributed by atoms with Crippen molar-refractivity contribution < 1.29 is 24.5 Å². The summed E-state index contributed by atoms with van der Waals surface area (Å²) >= 11 is 5.95. The number of hydrogen-bond acceptors (Lipinski definition) is 4. The number of halogens is 1. The first-order valence-electron chi connectivity index (χ1n) is 8.63. The Balaban J connectivity index is 1.80. The lowest BCUT2D eigenvalue weighted by Gasteiger charge is -2.43. The van der Waals surface area contributed by atoms with Crippen LogP contribution in [0.4, 0.5) is 4.79 Å². The van der Waals surface area contributed by atoms with E-state index in [1.54, 1.807) is 31.4 Å². The van der Waals surface area contributed by atoms with Crippen molar-refractivity contribution >= 4 is 17.7 Å². The molecule has 0 saturated carbocycles. The Kier molecular flexibility index (Phi) is 5.89. The summed E-state index contributed by atoms with van der Waals surface area (Å²) in [5.41, 5.74) is 0.279. The van der Waals surface area contributed by atoms with E-state index in [4.69, 9.17) is 21.1 Å². The third-order valence-corrected chi connectivity index (χ3v) is 5.16. The predicted octanol–water partition coefficient (Wildman–Crippen LogP) is 3.51. The summed E-state index contributed by atoms with van der Waals surface area (Å²) in [5.74, 6) is 0.742. The van der Waals surface area contributed by atoms with Crippen molar-refractivity contribution in [2.75, 3.05) is 20.2 Å². The summed E-state index contributed by atoms with van der Waals surface area (Å²) in [6, 6.07) is 14.3. The maximum Gasteiger partial charge on any atom is 0.407 e. The van der Waals surface area contributed by atoms with Gasteiger partial charge in [0.1, 0.15) is 17.5 Å². The van der Waals surface area contributed by atoms with Crippen LogP contribution in [0.1, 0.15) is 17.5 Å². The van der Waals surface area contributed by atoms with Crippen LogP contribution in [0.15, 0.2) is 48.5 Å². The lowest BCUT2D eigenvalue weighted by molar-refractivity contribution is -0.152. The SMILES string of the molecule is COc1ccc(COC2CN(C(=O)O)CCC2(O)c2ccc(Cl)cc2)cc1. The first-order chi connectivity index (χ1) is 12.9. The minimum absolute atomic E-state index is 0.0879. The van der Waals surface area contributed by atoms with E-state index in [0.29, 0.717) is 10.6 Å². The molecule has 6 nitrogen and oxygen atoms in total. The van der Waals surface area contributed by atoms with Gasteiger partial charge in [0.25, 0.3) is 0 Å². The average Bonchev–Trinajstić information content (AvgIpc) is 2.68. The Bertz CT molecular complexity index is 780. The number of likely N-dealkylation sites (tertiary alicyclic amines) is 1. The first-order valence-corrected chi connectivity index (χ1v) is 9.01. The number of nitrogens with zero attached hydrogens (tertiary/aromatic N) is 1. The van der Waals surface area contributed by atoms with Gasteiger partial charge in [-0.3, -0.25) is 0 Å². The highest BCUT2D eigenvalue weighted by Gasteiger charge is 2.45. The Morgan fingerprint density at radius 2 is 1.89 bits per heavy atom. The van der Waals surface area contributed by atoms with Gasteiger partial charge in [-0.05, 0) is 35.4 Å². The molecule has 0 bridgehead atoms. The Hall–Kier alpha value is -2.28.